The molecular weight excluding hydrogens is 351 g/mol. The lowest BCUT2D eigenvalue weighted by atomic mass is 10.1. The molecular formula is C23H19FN4. The first-order valence-electron chi connectivity index (χ1n) is 9.00. The predicted octanol–water partition coefficient (Wildman–Crippen LogP) is 4.98. The molecule has 0 aliphatic heterocycles. The van der Waals surface area contributed by atoms with Crippen molar-refractivity contribution in [1.29, 1.82) is 0 Å². The number of benzene rings is 2. The Bertz CT molecular complexity index is 1050. The van der Waals surface area contributed by atoms with Gasteiger partial charge in [-0.1, -0.05) is 36.4 Å². The van der Waals surface area contributed by atoms with E-state index in [-0.39, 0.29) is 5.82 Å². The lowest BCUT2D eigenvalue weighted by Crippen LogP contribution is -2.18. The minimum Gasteiger partial charge on any atom is -0.355 e. The van der Waals surface area contributed by atoms with Gasteiger partial charge in [-0.15, -0.1) is 0 Å². The van der Waals surface area contributed by atoms with Crippen molar-refractivity contribution >= 4 is 5.82 Å². The van der Waals surface area contributed by atoms with Crippen LogP contribution in [0.25, 0.3) is 22.8 Å². The van der Waals surface area contributed by atoms with Crippen LogP contribution in [0, 0.1) is 5.82 Å². The molecule has 0 aliphatic carbocycles. The van der Waals surface area contributed by atoms with Gasteiger partial charge < -0.3 is 4.90 Å². The summed E-state index contributed by atoms with van der Waals surface area (Å²) in [7, 11) is 1.99. The average molecular weight is 370 g/mol. The van der Waals surface area contributed by atoms with E-state index in [1.807, 2.05) is 49.5 Å². The number of nitrogens with zero attached hydrogens (tertiary/aromatic N) is 4. The fourth-order valence-corrected chi connectivity index (χ4v) is 2.95. The van der Waals surface area contributed by atoms with Crippen LogP contribution >= 0.6 is 0 Å². The third-order valence-electron chi connectivity index (χ3n) is 4.40. The van der Waals surface area contributed by atoms with E-state index in [0.717, 1.165) is 17.1 Å². The minimum absolute atomic E-state index is 0.274. The summed E-state index contributed by atoms with van der Waals surface area (Å²) in [4.78, 5) is 15.8. The standard InChI is InChI=1S/C23H19FN4/c1-28(16-17-7-3-2-4-8-17)22-15-21(18-10-12-19(24)13-11-18)26-23(27-22)20-9-5-6-14-25-20/h2-15H,16H2,1H3. The van der Waals surface area contributed by atoms with Crippen LogP contribution in [0.3, 0.4) is 0 Å². The first-order valence-corrected chi connectivity index (χ1v) is 9.00. The van der Waals surface area contributed by atoms with Gasteiger partial charge in [0, 0.05) is 31.4 Å². The molecule has 0 amide bonds. The molecule has 138 valence electrons. The van der Waals surface area contributed by atoms with Crippen molar-refractivity contribution < 1.29 is 4.39 Å². The first kappa shape index (κ1) is 17.8. The molecule has 0 atom stereocenters. The predicted molar refractivity (Wildman–Crippen MR) is 109 cm³/mol. The van der Waals surface area contributed by atoms with Crippen LogP contribution in [-0.4, -0.2) is 22.0 Å². The maximum Gasteiger partial charge on any atom is 0.180 e. The second kappa shape index (κ2) is 7.96. The molecule has 0 unspecified atom stereocenters. The SMILES string of the molecule is CN(Cc1ccccc1)c1cc(-c2ccc(F)cc2)nc(-c2ccccn2)n1. The highest BCUT2D eigenvalue weighted by molar-refractivity contribution is 5.66. The van der Waals surface area contributed by atoms with Gasteiger partial charge >= 0.3 is 0 Å². The summed E-state index contributed by atoms with van der Waals surface area (Å²) in [5.74, 6) is 1.04. The van der Waals surface area contributed by atoms with Gasteiger partial charge in [-0.3, -0.25) is 4.98 Å². The van der Waals surface area contributed by atoms with Crippen molar-refractivity contribution in [3.8, 4) is 22.8 Å². The minimum atomic E-state index is -0.274. The molecule has 2 heterocycles. The van der Waals surface area contributed by atoms with E-state index in [1.54, 1.807) is 18.3 Å². The third-order valence-corrected chi connectivity index (χ3v) is 4.40. The highest BCUT2D eigenvalue weighted by atomic mass is 19.1. The molecule has 0 radical (unpaired) electrons. The molecule has 2 aromatic heterocycles. The molecule has 4 aromatic rings. The Morgan fingerprint density at radius 3 is 2.29 bits per heavy atom. The van der Waals surface area contributed by atoms with Gasteiger partial charge in [0.15, 0.2) is 5.82 Å². The monoisotopic (exact) mass is 370 g/mol. The number of hydrogen-bond donors (Lipinski definition) is 0. The Labute approximate surface area is 163 Å². The number of aromatic nitrogens is 3. The van der Waals surface area contributed by atoms with Gasteiger partial charge in [0.05, 0.1) is 5.69 Å². The van der Waals surface area contributed by atoms with Crippen LogP contribution in [0.1, 0.15) is 5.56 Å². The molecule has 2 aromatic carbocycles. The van der Waals surface area contributed by atoms with E-state index in [4.69, 9.17) is 4.98 Å². The fraction of sp³-hybridized carbons (Fsp3) is 0.0870. The van der Waals surface area contributed by atoms with Crippen molar-refractivity contribution in [3.05, 3.63) is 96.4 Å². The molecule has 4 nitrogen and oxygen atoms in total. The summed E-state index contributed by atoms with van der Waals surface area (Å²) in [6, 6.07) is 24.1. The average Bonchev–Trinajstić information content (AvgIpc) is 2.75. The molecule has 5 heteroatoms. The molecule has 0 aliphatic rings. The smallest absolute Gasteiger partial charge is 0.180 e. The fourth-order valence-electron chi connectivity index (χ4n) is 2.95. The van der Waals surface area contributed by atoms with E-state index in [9.17, 15) is 4.39 Å². The van der Waals surface area contributed by atoms with Crippen molar-refractivity contribution in [3.63, 3.8) is 0 Å². The number of halogens is 1. The Morgan fingerprint density at radius 2 is 1.57 bits per heavy atom. The van der Waals surface area contributed by atoms with Gasteiger partial charge in [-0.05, 0) is 42.0 Å². The number of pyridine rings is 1. The van der Waals surface area contributed by atoms with Gasteiger partial charge in [-0.25, -0.2) is 14.4 Å². The second-order valence-corrected chi connectivity index (χ2v) is 6.50. The Balaban J connectivity index is 1.76. The van der Waals surface area contributed by atoms with Crippen LogP contribution < -0.4 is 4.90 Å². The lowest BCUT2D eigenvalue weighted by Gasteiger charge is -2.20. The van der Waals surface area contributed by atoms with E-state index in [0.29, 0.717) is 18.1 Å². The molecule has 4 rings (SSSR count). The summed E-state index contributed by atoms with van der Waals surface area (Å²) < 4.78 is 13.3. The summed E-state index contributed by atoms with van der Waals surface area (Å²) in [5, 5.41) is 0. The van der Waals surface area contributed by atoms with E-state index in [2.05, 4.69) is 27.0 Å². The highest BCUT2D eigenvalue weighted by Gasteiger charge is 2.13. The summed E-state index contributed by atoms with van der Waals surface area (Å²) in [5.41, 5.74) is 3.44. The molecule has 0 spiro atoms. The molecule has 0 fully saturated rings. The van der Waals surface area contributed by atoms with Crippen molar-refractivity contribution in [2.45, 2.75) is 6.54 Å². The highest BCUT2D eigenvalue weighted by Crippen LogP contribution is 2.25. The zero-order valence-corrected chi connectivity index (χ0v) is 15.5. The van der Waals surface area contributed by atoms with Gasteiger partial charge in [0.1, 0.15) is 17.3 Å². The maximum absolute atomic E-state index is 13.3. The van der Waals surface area contributed by atoms with Gasteiger partial charge in [0.25, 0.3) is 0 Å². The van der Waals surface area contributed by atoms with Crippen LogP contribution in [0.4, 0.5) is 10.2 Å². The number of rotatable bonds is 5. The lowest BCUT2D eigenvalue weighted by molar-refractivity contribution is 0.628. The topological polar surface area (TPSA) is 41.9 Å². The van der Waals surface area contributed by atoms with Gasteiger partial charge in [-0.2, -0.15) is 0 Å². The van der Waals surface area contributed by atoms with Crippen LogP contribution in [0.2, 0.25) is 0 Å². The normalized spacial score (nSPS) is 10.6. The Hall–Kier alpha value is -3.60. The van der Waals surface area contributed by atoms with Crippen molar-refractivity contribution in [2.75, 3.05) is 11.9 Å². The second-order valence-electron chi connectivity index (χ2n) is 6.50. The summed E-state index contributed by atoms with van der Waals surface area (Å²) >= 11 is 0. The van der Waals surface area contributed by atoms with Crippen molar-refractivity contribution in [2.24, 2.45) is 0 Å². The van der Waals surface area contributed by atoms with E-state index >= 15 is 0 Å². The molecule has 0 bridgehead atoms. The summed E-state index contributed by atoms with van der Waals surface area (Å²) in [6.45, 7) is 0.711. The van der Waals surface area contributed by atoms with Crippen molar-refractivity contribution in [1.82, 2.24) is 15.0 Å². The molecule has 0 saturated heterocycles. The Morgan fingerprint density at radius 1 is 0.821 bits per heavy atom. The van der Waals surface area contributed by atoms with Crippen LogP contribution in [0.5, 0.6) is 0 Å². The van der Waals surface area contributed by atoms with Gasteiger partial charge in [0.2, 0.25) is 0 Å². The molecule has 28 heavy (non-hydrogen) atoms. The Kier molecular flexibility index (Phi) is 5.06. The van der Waals surface area contributed by atoms with E-state index in [1.165, 1.54) is 17.7 Å². The largest absolute Gasteiger partial charge is 0.355 e. The molecule has 0 N–H and O–H groups in total. The zero-order chi connectivity index (χ0) is 19.3. The van der Waals surface area contributed by atoms with Crippen LogP contribution in [-0.2, 0) is 6.54 Å². The first-order chi connectivity index (χ1) is 13.7. The number of hydrogen-bond acceptors (Lipinski definition) is 4. The van der Waals surface area contributed by atoms with Crippen LogP contribution in [0.15, 0.2) is 85.1 Å². The third kappa shape index (κ3) is 4.04. The maximum atomic E-state index is 13.3. The quantitative estimate of drug-likeness (QED) is 0.497. The van der Waals surface area contributed by atoms with E-state index < -0.39 is 0 Å². The number of anilines is 1. The zero-order valence-electron chi connectivity index (χ0n) is 15.5. The molecule has 0 saturated carbocycles. The summed E-state index contributed by atoms with van der Waals surface area (Å²) in [6.07, 6.45) is 1.72.